The highest BCUT2D eigenvalue weighted by Gasteiger charge is 2.12. The predicted molar refractivity (Wildman–Crippen MR) is 85.1 cm³/mol. The molecule has 4 nitrogen and oxygen atoms in total. The SMILES string of the molecule is O=C(NC1=NCCS1)c1ccc(Oc2ccc(F)cc2)cc1. The van der Waals surface area contributed by atoms with Crippen molar-refractivity contribution in [2.45, 2.75) is 0 Å². The highest BCUT2D eigenvalue weighted by atomic mass is 32.2. The van der Waals surface area contributed by atoms with Crippen molar-refractivity contribution in [1.82, 2.24) is 5.32 Å². The molecule has 3 rings (SSSR count). The number of rotatable bonds is 3. The zero-order valence-corrected chi connectivity index (χ0v) is 12.4. The quantitative estimate of drug-likeness (QED) is 0.943. The van der Waals surface area contributed by atoms with Crippen molar-refractivity contribution in [3.05, 3.63) is 59.9 Å². The highest BCUT2D eigenvalue weighted by molar-refractivity contribution is 8.14. The molecule has 1 aliphatic heterocycles. The van der Waals surface area contributed by atoms with E-state index in [-0.39, 0.29) is 11.7 Å². The van der Waals surface area contributed by atoms with E-state index in [1.165, 1.54) is 23.9 Å². The van der Waals surface area contributed by atoms with Crippen molar-refractivity contribution >= 4 is 22.8 Å². The van der Waals surface area contributed by atoms with Gasteiger partial charge < -0.3 is 10.1 Å². The van der Waals surface area contributed by atoms with Crippen LogP contribution in [0.2, 0.25) is 0 Å². The van der Waals surface area contributed by atoms with Gasteiger partial charge in [-0.1, -0.05) is 11.8 Å². The van der Waals surface area contributed by atoms with Gasteiger partial charge in [-0.25, -0.2) is 4.39 Å². The first-order valence-electron chi connectivity index (χ1n) is 6.73. The molecule has 0 radical (unpaired) electrons. The van der Waals surface area contributed by atoms with Gasteiger partial charge in [0.25, 0.3) is 5.91 Å². The molecule has 22 heavy (non-hydrogen) atoms. The molecule has 2 aromatic carbocycles. The molecule has 112 valence electrons. The number of benzene rings is 2. The molecule has 0 spiro atoms. The number of amidine groups is 1. The van der Waals surface area contributed by atoms with E-state index in [4.69, 9.17) is 4.74 Å². The molecule has 1 aliphatic rings. The average Bonchev–Trinajstić information content (AvgIpc) is 3.03. The third-order valence-electron chi connectivity index (χ3n) is 2.97. The van der Waals surface area contributed by atoms with E-state index in [0.717, 1.165) is 12.3 Å². The van der Waals surface area contributed by atoms with E-state index >= 15 is 0 Å². The Morgan fingerprint density at radius 2 is 1.73 bits per heavy atom. The number of aliphatic imine (C=N–C) groups is 1. The molecule has 2 aromatic rings. The standard InChI is InChI=1S/C16H13FN2O2S/c17-12-3-7-14(8-4-12)21-13-5-1-11(2-6-13)15(20)19-16-18-9-10-22-16/h1-8H,9-10H2,(H,18,19,20). The van der Waals surface area contributed by atoms with Crippen molar-refractivity contribution in [3.8, 4) is 11.5 Å². The van der Waals surface area contributed by atoms with E-state index in [9.17, 15) is 9.18 Å². The van der Waals surface area contributed by atoms with Crippen LogP contribution >= 0.6 is 11.8 Å². The Balaban J connectivity index is 1.64. The van der Waals surface area contributed by atoms with Gasteiger partial charge in [-0.3, -0.25) is 9.79 Å². The molecule has 0 atom stereocenters. The van der Waals surface area contributed by atoms with Gasteiger partial charge in [0.1, 0.15) is 17.3 Å². The maximum absolute atomic E-state index is 12.8. The highest BCUT2D eigenvalue weighted by Crippen LogP contribution is 2.22. The number of halogens is 1. The minimum Gasteiger partial charge on any atom is -0.457 e. The predicted octanol–water partition coefficient (Wildman–Crippen LogP) is 3.45. The number of nitrogens with one attached hydrogen (secondary N) is 1. The third kappa shape index (κ3) is 3.65. The van der Waals surface area contributed by atoms with Crippen LogP contribution in [0, 0.1) is 5.82 Å². The summed E-state index contributed by atoms with van der Waals surface area (Å²) in [6.45, 7) is 0.741. The van der Waals surface area contributed by atoms with Crippen LogP contribution in [0.5, 0.6) is 11.5 Å². The molecule has 0 saturated heterocycles. The summed E-state index contributed by atoms with van der Waals surface area (Å²) in [5.41, 5.74) is 0.529. The average molecular weight is 316 g/mol. The van der Waals surface area contributed by atoms with Gasteiger partial charge in [-0.2, -0.15) is 0 Å². The number of ether oxygens (including phenoxy) is 1. The lowest BCUT2D eigenvalue weighted by Gasteiger charge is -2.07. The largest absolute Gasteiger partial charge is 0.457 e. The number of hydrogen-bond acceptors (Lipinski definition) is 4. The number of nitrogens with zero attached hydrogens (tertiary/aromatic N) is 1. The lowest BCUT2D eigenvalue weighted by atomic mass is 10.2. The Hall–Kier alpha value is -2.34. The van der Waals surface area contributed by atoms with Crippen LogP contribution in [-0.2, 0) is 0 Å². The summed E-state index contributed by atoms with van der Waals surface area (Å²) >= 11 is 1.53. The van der Waals surface area contributed by atoms with Gasteiger partial charge in [-0.05, 0) is 48.5 Å². The van der Waals surface area contributed by atoms with Crippen molar-refractivity contribution in [2.24, 2.45) is 4.99 Å². The van der Waals surface area contributed by atoms with Gasteiger partial charge in [0.2, 0.25) is 0 Å². The fourth-order valence-electron chi connectivity index (χ4n) is 1.89. The molecule has 0 fully saturated rings. The Bertz CT molecular complexity index is 699. The third-order valence-corrected chi connectivity index (χ3v) is 3.86. The number of amides is 1. The second-order valence-electron chi connectivity index (χ2n) is 4.57. The maximum atomic E-state index is 12.8. The molecule has 1 amide bonds. The van der Waals surface area contributed by atoms with E-state index in [1.54, 1.807) is 36.4 Å². The van der Waals surface area contributed by atoms with Gasteiger partial charge >= 0.3 is 0 Å². The molecule has 6 heteroatoms. The van der Waals surface area contributed by atoms with Crippen LogP contribution in [0.25, 0.3) is 0 Å². The summed E-state index contributed by atoms with van der Waals surface area (Å²) in [6, 6.07) is 12.5. The summed E-state index contributed by atoms with van der Waals surface area (Å²) < 4.78 is 18.4. The summed E-state index contributed by atoms with van der Waals surface area (Å²) in [5.74, 6) is 1.51. The van der Waals surface area contributed by atoms with E-state index in [0.29, 0.717) is 22.2 Å². The molecule has 0 saturated carbocycles. The van der Waals surface area contributed by atoms with Crippen molar-refractivity contribution < 1.29 is 13.9 Å². The van der Waals surface area contributed by atoms with Crippen LogP contribution in [0.15, 0.2) is 53.5 Å². The van der Waals surface area contributed by atoms with Crippen molar-refractivity contribution in [2.75, 3.05) is 12.3 Å². The molecular weight excluding hydrogens is 303 g/mol. The zero-order chi connectivity index (χ0) is 15.4. The maximum Gasteiger partial charge on any atom is 0.257 e. The Morgan fingerprint density at radius 3 is 2.32 bits per heavy atom. The molecular formula is C16H13FN2O2S. The van der Waals surface area contributed by atoms with Gasteiger partial charge in [0, 0.05) is 11.3 Å². The summed E-state index contributed by atoms with van der Waals surface area (Å²) in [5, 5.41) is 3.43. The Morgan fingerprint density at radius 1 is 1.09 bits per heavy atom. The summed E-state index contributed by atoms with van der Waals surface area (Å²) in [6.07, 6.45) is 0. The minimum absolute atomic E-state index is 0.193. The first kappa shape index (κ1) is 14.6. The topological polar surface area (TPSA) is 50.7 Å². The monoisotopic (exact) mass is 316 g/mol. The second-order valence-corrected chi connectivity index (χ2v) is 5.65. The van der Waals surface area contributed by atoms with Gasteiger partial charge in [0.05, 0.1) is 6.54 Å². The molecule has 1 N–H and O–H groups in total. The normalized spacial score (nSPS) is 13.6. The number of carbonyl (C=O) groups is 1. The number of hydrogen-bond donors (Lipinski definition) is 1. The van der Waals surface area contributed by atoms with E-state index in [1.807, 2.05) is 0 Å². The summed E-state index contributed by atoms with van der Waals surface area (Å²) in [4.78, 5) is 16.2. The molecule has 0 bridgehead atoms. The smallest absolute Gasteiger partial charge is 0.257 e. The minimum atomic E-state index is -0.313. The van der Waals surface area contributed by atoms with Crippen LogP contribution < -0.4 is 10.1 Å². The van der Waals surface area contributed by atoms with Crippen LogP contribution in [0.1, 0.15) is 10.4 Å². The molecule has 0 aromatic heterocycles. The zero-order valence-electron chi connectivity index (χ0n) is 11.6. The van der Waals surface area contributed by atoms with Gasteiger partial charge in [-0.15, -0.1) is 0 Å². The van der Waals surface area contributed by atoms with E-state index in [2.05, 4.69) is 10.3 Å². The molecule has 1 heterocycles. The van der Waals surface area contributed by atoms with E-state index < -0.39 is 0 Å². The molecule has 0 aliphatic carbocycles. The first-order valence-corrected chi connectivity index (χ1v) is 7.71. The summed E-state index contributed by atoms with van der Waals surface area (Å²) in [7, 11) is 0. The lowest BCUT2D eigenvalue weighted by molar-refractivity contribution is 0.0978. The van der Waals surface area contributed by atoms with Crippen LogP contribution in [0.4, 0.5) is 4.39 Å². The van der Waals surface area contributed by atoms with Crippen molar-refractivity contribution in [3.63, 3.8) is 0 Å². The molecule has 0 unspecified atom stereocenters. The number of carbonyl (C=O) groups excluding carboxylic acids is 1. The number of thioether (sulfide) groups is 1. The van der Waals surface area contributed by atoms with Crippen LogP contribution in [0.3, 0.4) is 0 Å². The first-order chi connectivity index (χ1) is 10.7. The lowest BCUT2D eigenvalue weighted by Crippen LogP contribution is -2.27. The Kier molecular flexibility index (Phi) is 4.39. The Labute approximate surface area is 131 Å². The fraction of sp³-hybridized carbons (Fsp3) is 0.125. The fourth-order valence-corrected chi connectivity index (χ4v) is 2.62. The van der Waals surface area contributed by atoms with Gasteiger partial charge in [0.15, 0.2) is 5.17 Å². The van der Waals surface area contributed by atoms with Crippen LogP contribution in [-0.4, -0.2) is 23.4 Å². The second kappa shape index (κ2) is 6.62. The van der Waals surface area contributed by atoms with Crippen molar-refractivity contribution in [1.29, 1.82) is 0 Å².